The average Bonchev–Trinajstić information content (AvgIpc) is 2.40. The maximum absolute atomic E-state index is 9.29. The Bertz CT molecular complexity index is 233. The van der Waals surface area contributed by atoms with Crippen molar-refractivity contribution in [3.63, 3.8) is 0 Å². The number of rotatable bonds is 4. The molecule has 0 saturated carbocycles. The molecule has 0 unspecified atom stereocenters. The maximum Gasteiger partial charge on any atom is 0.313 e. The molecule has 0 spiro atoms. The quantitative estimate of drug-likeness (QED) is 0.214. The summed E-state index contributed by atoms with van der Waals surface area (Å²) >= 11 is 13.7. The first-order valence-corrected chi connectivity index (χ1v) is 6.92. The van der Waals surface area contributed by atoms with Gasteiger partial charge in [0.15, 0.2) is 0 Å². The number of hydrogen-bond donors (Lipinski definition) is 8. The van der Waals surface area contributed by atoms with E-state index in [1.807, 2.05) is 0 Å². The molecular formula is C8H16MoO8S4. The van der Waals surface area contributed by atoms with Gasteiger partial charge in [-0.15, -0.1) is 0 Å². The first-order valence-electron chi connectivity index (χ1n) is 4.39. The molecule has 21 heavy (non-hydrogen) atoms. The molecular weight excluding hydrogens is 448 g/mol. The maximum atomic E-state index is 9.29. The van der Waals surface area contributed by atoms with E-state index in [0.29, 0.717) is 0 Å². The number of carboxylic acid groups (broad SMARTS) is 4. The second-order valence-electron chi connectivity index (χ2n) is 2.21. The van der Waals surface area contributed by atoms with Crippen LogP contribution in [0.3, 0.4) is 0 Å². The van der Waals surface area contributed by atoms with Gasteiger partial charge >= 0.3 is 23.9 Å². The van der Waals surface area contributed by atoms with Crippen LogP contribution in [0.2, 0.25) is 0 Å². The zero-order valence-electron chi connectivity index (χ0n) is 10.4. The molecule has 126 valence electrons. The standard InChI is InChI=1S/4C2H4O2S.Mo/c4*3-2(4)1-5;/h4*5H,1H2,(H,3,4);. The van der Waals surface area contributed by atoms with Crippen LogP contribution in [0.15, 0.2) is 0 Å². The molecule has 0 bridgehead atoms. The summed E-state index contributed by atoms with van der Waals surface area (Å²) in [5.74, 6) is -3.86. The van der Waals surface area contributed by atoms with E-state index >= 15 is 0 Å². The molecule has 0 rings (SSSR count). The first-order chi connectivity index (χ1) is 9.08. The normalized spacial score (nSPS) is 7.05. The van der Waals surface area contributed by atoms with E-state index in [4.69, 9.17) is 20.4 Å². The zero-order chi connectivity index (χ0) is 17.1. The molecule has 4 N–H and O–H groups in total. The van der Waals surface area contributed by atoms with Crippen LogP contribution in [0, 0.1) is 0 Å². The summed E-state index contributed by atoms with van der Waals surface area (Å²) in [6.07, 6.45) is 0. The number of thiol groups is 4. The predicted octanol–water partition coefficient (Wildman–Crippen LogP) is 0.000700. The molecule has 0 fully saturated rings. The molecule has 0 amide bonds. The van der Waals surface area contributed by atoms with Crippen LogP contribution >= 0.6 is 50.5 Å². The third-order valence-electron chi connectivity index (χ3n) is 0.541. The molecule has 0 radical (unpaired) electrons. The van der Waals surface area contributed by atoms with Crippen molar-refractivity contribution < 1.29 is 60.7 Å². The second-order valence-corrected chi connectivity index (χ2v) is 3.47. The molecule has 0 saturated heterocycles. The van der Waals surface area contributed by atoms with Crippen molar-refractivity contribution in [2.75, 3.05) is 23.0 Å². The second kappa shape index (κ2) is 28.2. The summed E-state index contributed by atoms with van der Waals surface area (Å²) < 4.78 is 0. The van der Waals surface area contributed by atoms with Crippen LogP contribution in [0.5, 0.6) is 0 Å². The smallest absolute Gasteiger partial charge is 0.313 e. The van der Waals surface area contributed by atoms with Crippen molar-refractivity contribution in [1.29, 1.82) is 0 Å². The van der Waals surface area contributed by atoms with E-state index in [0.717, 1.165) is 0 Å². The van der Waals surface area contributed by atoms with Crippen molar-refractivity contribution in [3.8, 4) is 0 Å². The van der Waals surface area contributed by atoms with E-state index in [2.05, 4.69) is 50.5 Å². The molecule has 8 nitrogen and oxygen atoms in total. The van der Waals surface area contributed by atoms with Gasteiger partial charge in [0.2, 0.25) is 0 Å². The van der Waals surface area contributed by atoms with Gasteiger partial charge in [-0.1, -0.05) is 0 Å². The minimum atomic E-state index is -0.881. The van der Waals surface area contributed by atoms with Crippen LogP contribution in [0.1, 0.15) is 0 Å². The molecule has 0 aromatic rings. The van der Waals surface area contributed by atoms with E-state index in [1.165, 1.54) is 0 Å². The number of hydrogen-bond acceptors (Lipinski definition) is 8. The van der Waals surface area contributed by atoms with Crippen LogP contribution in [-0.2, 0) is 40.2 Å². The van der Waals surface area contributed by atoms with Crippen LogP contribution in [0.4, 0.5) is 0 Å². The molecule has 0 heterocycles. The Balaban J connectivity index is -0.0000000533. The Labute approximate surface area is 157 Å². The number of carboxylic acids is 4. The summed E-state index contributed by atoms with van der Waals surface area (Å²) in [4.78, 5) is 37.2. The molecule has 0 aliphatic carbocycles. The number of carbonyl (C=O) groups is 4. The monoisotopic (exact) mass is 466 g/mol. The van der Waals surface area contributed by atoms with E-state index in [1.54, 1.807) is 0 Å². The molecule has 0 aromatic carbocycles. The SMILES string of the molecule is O=C(O)CS.O=C(O)CS.O=C(O)CS.O=C(O)CS.[Mo]. The third-order valence-corrected chi connectivity index (χ3v) is 1.62. The number of aliphatic carboxylic acids is 4. The van der Waals surface area contributed by atoms with Crippen LogP contribution < -0.4 is 0 Å². The molecule has 0 atom stereocenters. The van der Waals surface area contributed by atoms with E-state index < -0.39 is 23.9 Å². The Morgan fingerprint density at radius 2 is 0.571 bits per heavy atom. The largest absolute Gasteiger partial charge is 0.481 e. The van der Waals surface area contributed by atoms with Gasteiger partial charge in [0, 0.05) is 21.1 Å². The summed E-state index contributed by atoms with van der Waals surface area (Å²) in [6, 6.07) is 0. The van der Waals surface area contributed by atoms with Gasteiger partial charge in [-0.25, -0.2) is 0 Å². The fourth-order valence-electron chi connectivity index (χ4n) is 0. The van der Waals surface area contributed by atoms with Crippen molar-refractivity contribution in [1.82, 2.24) is 0 Å². The Hall–Kier alpha value is -0.0317. The predicted molar refractivity (Wildman–Crippen MR) is 86.0 cm³/mol. The molecule has 0 aliphatic rings. The van der Waals surface area contributed by atoms with Crippen molar-refractivity contribution in [3.05, 3.63) is 0 Å². The summed E-state index contributed by atoms with van der Waals surface area (Å²) in [5.41, 5.74) is 0. The molecule has 13 heteroatoms. The van der Waals surface area contributed by atoms with Gasteiger partial charge in [-0.05, 0) is 0 Å². The van der Waals surface area contributed by atoms with Crippen LogP contribution in [0.25, 0.3) is 0 Å². The van der Waals surface area contributed by atoms with Gasteiger partial charge < -0.3 is 20.4 Å². The van der Waals surface area contributed by atoms with Gasteiger partial charge in [0.25, 0.3) is 0 Å². The van der Waals surface area contributed by atoms with Crippen molar-refractivity contribution in [2.45, 2.75) is 0 Å². The van der Waals surface area contributed by atoms with Gasteiger partial charge in [-0.3, -0.25) is 19.2 Å². The Morgan fingerprint density at radius 1 is 0.524 bits per heavy atom. The fraction of sp³-hybridized carbons (Fsp3) is 0.500. The van der Waals surface area contributed by atoms with Gasteiger partial charge in [-0.2, -0.15) is 50.5 Å². The zero-order valence-corrected chi connectivity index (χ0v) is 16.0. The Kier molecular flexibility index (Phi) is 44.0. The van der Waals surface area contributed by atoms with E-state index in [9.17, 15) is 19.2 Å². The van der Waals surface area contributed by atoms with Crippen LogP contribution in [-0.4, -0.2) is 67.3 Å². The summed E-state index contributed by atoms with van der Waals surface area (Å²) in [7, 11) is 0. The first kappa shape index (κ1) is 32.8. The van der Waals surface area contributed by atoms with Crippen molar-refractivity contribution >= 4 is 74.4 Å². The van der Waals surface area contributed by atoms with E-state index in [-0.39, 0.29) is 44.1 Å². The molecule has 0 aliphatic heterocycles. The minimum Gasteiger partial charge on any atom is -0.481 e. The van der Waals surface area contributed by atoms with Crippen molar-refractivity contribution in [2.24, 2.45) is 0 Å². The molecule has 0 aromatic heterocycles. The summed E-state index contributed by atoms with van der Waals surface area (Å²) in [5, 5.41) is 30.6. The third kappa shape index (κ3) is 102. The Morgan fingerprint density at radius 3 is 0.571 bits per heavy atom. The van der Waals surface area contributed by atoms with Gasteiger partial charge in [0.1, 0.15) is 0 Å². The van der Waals surface area contributed by atoms with Gasteiger partial charge in [0.05, 0.1) is 23.0 Å². The minimum absolute atomic E-state index is 0. The topological polar surface area (TPSA) is 149 Å². The average molecular weight is 464 g/mol. The fourth-order valence-corrected chi connectivity index (χ4v) is 0. The summed E-state index contributed by atoms with van der Waals surface area (Å²) in [6.45, 7) is 0.